The van der Waals surface area contributed by atoms with Gasteiger partial charge in [-0.1, -0.05) is 222 Å². The van der Waals surface area contributed by atoms with Gasteiger partial charge < -0.3 is 0 Å². The van der Waals surface area contributed by atoms with Gasteiger partial charge in [0.1, 0.15) is 11.6 Å². The first-order chi connectivity index (χ1) is 40.5. The van der Waals surface area contributed by atoms with E-state index in [4.69, 9.17) is 19.9 Å². The van der Waals surface area contributed by atoms with Crippen molar-refractivity contribution >= 4 is 112 Å². The molecule has 83 heavy (non-hydrogen) atoms. The third-order valence-corrected chi connectivity index (χ3v) is 17.5. The first-order valence-corrected chi connectivity index (χ1v) is 29.5. The SMILES string of the molecule is CC(C)c1cccc(C(C)C)c1B(c1ccc2c3ccccc3n(-c3ccccn3)c2c1)c1ccc2c3ccc(B(c4ccc5c6ccccc6n(-c6ccccn6)c5c4)c4c(C(C)C)cccc4C(C)C)cc3n(-c3ncccn3)c2c1. The molecule has 0 aliphatic carbocycles. The van der Waals surface area contributed by atoms with Crippen LogP contribution in [0.4, 0.5) is 0 Å². The van der Waals surface area contributed by atoms with E-state index in [2.05, 4.69) is 251 Å². The predicted octanol–water partition coefficient (Wildman–Crippen LogP) is 14.1. The summed E-state index contributed by atoms with van der Waals surface area (Å²) < 4.78 is 7.00. The summed E-state index contributed by atoms with van der Waals surface area (Å²) in [4.78, 5) is 20.0. The van der Waals surface area contributed by atoms with E-state index < -0.39 is 0 Å². The summed E-state index contributed by atoms with van der Waals surface area (Å²) in [6, 6.07) is 74.4. The molecule has 0 bridgehead atoms. The van der Waals surface area contributed by atoms with Crippen LogP contribution in [-0.2, 0) is 0 Å². The van der Waals surface area contributed by atoms with E-state index in [0.717, 1.165) is 55.5 Å². The maximum absolute atomic E-state index is 5.07. The van der Waals surface area contributed by atoms with Crippen molar-refractivity contribution in [1.29, 1.82) is 0 Å². The van der Waals surface area contributed by atoms with Crippen molar-refractivity contribution in [2.45, 2.75) is 79.1 Å². The number of fused-ring (bicyclic) bond motifs is 9. The molecule has 7 nitrogen and oxygen atoms in total. The minimum atomic E-state index is -0.128. The lowest BCUT2D eigenvalue weighted by molar-refractivity contribution is 0.845. The van der Waals surface area contributed by atoms with E-state index in [1.54, 1.807) is 0 Å². The van der Waals surface area contributed by atoms with Gasteiger partial charge in [-0.3, -0.25) is 13.7 Å². The molecule has 8 aromatic carbocycles. The summed E-state index contributed by atoms with van der Waals surface area (Å²) in [7, 11) is 0. The molecule has 0 fully saturated rings. The second-order valence-corrected chi connectivity index (χ2v) is 23.8. The van der Waals surface area contributed by atoms with Gasteiger partial charge in [-0.2, -0.15) is 0 Å². The zero-order valence-corrected chi connectivity index (χ0v) is 48.5. The van der Waals surface area contributed by atoms with Gasteiger partial charge in [0, 0.05) is 57.1 Å². The number of benzene rings is 8. The third kappa shape index (κ3) is 8.66. The highest BCUT2D eigenvalue weighted by Gasteiger charge is 2.33. The molecule has 402 valence electrons. The molecule has 6 heterocycles. The van der Waals surface area contributed by atoms with E-state index in [1.807, 2.05) is 43.0 Å². The van der Waals surface area contributed by atoms with Crippen LogP contribution >= 0.6 is 0 Å². The van der Waals surface area contributed by atoms with Gasteiger partial charge in [0.2, 0.25) is 19.4 Å². The molecule has 9 heteroatoms. The standard InChI is InChI=1S/C74H65B2N7/c1-46(2)54-22-17-23-55(47(3)4)72(54)75(50-30-34-60-58-20-9-11-26-64(58)81(66(60)42-50)70-28-13-15-38-77-70)52-32-36-62-63-37-33-53(45-69(63)83(68(62)44-52)74-79-40-19-41-80-74)76(73-56(48(5)6)24-18-25-57(73)49(7)8)51-31-35-61-59-21-10-12-27-65(59)82(67(61)43-51)71-29-14-16-39-78-71/h9-49H,1-8H3. The van der Waals surface area contributed by atoms with Gasteiger partial charge in [0.05, 0.1) is 33.1 Å². The van der Waals surface area contributed by atoms with Crippen molar-refractivity contribution in [3.63, 3.8) is 0 Å². The Morgan fingerprint density at radius 1 is 0.277 bits per heavy atom. The smallest absolute Gasteiger partial charge is 0.242 e. The van der Waals surface area contributed by atoms with E-state index in [-0.39, 0.29) is 37.1 Å². The monoisotopic (exact) mass is 1070 g/mol. The van der Waals surface area contributed by atoms with E-state index in [0.29, 0.717) is 5.95 Å². The lowest BCUT2D eigenvalue weighted by atomic mass is 9.34. The van der Waals surface area contributed by atoms with Crippen LogP contribution in [0.15, 0.2) is 225 Å². The molecule has 14 aromatic rings. The summed E-state index contributed by atoms with van der Waals surface area (Å²) in [5.41, 5.74) is 19.7. The minimum Gasteiger partial charge on any atom is -0.294 e. The Labute approximate surface area is 486 Å². The fraction of sp³-hybridized carbons (Fsp3) is 0.162. The average molecular weight is 1070 g/mol. The van der Waals surface area contributed by atoms with Crippen LogP contribution in [-0.4, -0.2) is 47.1 Å². The Balaban J connectivity index is 1.04. The number of para-hydroxylation sites is 2. The molecular weight excluding hydrogens is 1010 g/mol. The van der Waals surface area contributed by atoms with Crippen molar-refractivity contribution in [3.8, 4) is 17.6 Å². The van der Waals surface area contributed by atoms with Crippen molar-refractivity contribution in [2.75, 3.05) is 0 Å². The maximum Gasteiger partial charge on any atom is 0.242 e. The molecule has 0 atom stereocenters. The van der Waals surface area contributed by atoms with Gasteiger partial charge in [-0.05, 0) is 113 Å². The molecule has 6 aromatic heterocycles. The molecule has 0 spiro atoms. The van der Waals surface area contributed by atoms with Gasteiger partial charge in [-0.25, -0.2) is 19.9 Å². The number of pyridine rings is 2. The molecule has 0 aliphatic heterocycles. The number of aromatic nitrogens is 7. The molecule has 0 unspecified atom stereocenters. The fourth-order valence-corrected chi connectivity index (χ4v) is 13.8. The first-order valence-electron chi connectivity index (χ1n) is 29.5. The topological polar surface area (TPSA) is 66.3 Å². The lowest BCUT2D eigenvalue weighted by Gasteiger charge is -2.26. The average Bonchev–Trinajstić information content (AvgIpc) is 3.24. The molecule has 0 N–H and O–H groups in total. The van der Waals surface area contributed by atoms with Gasteiger partial charge in [0.15, 0.2) is 0 Å². The Morgan fingerprint density at radius 2 is 0.590 bits per heavy atom. The minimum absolute atomic E-state index is 0.128. The molecule has 14 rings (SSSR count). The van der Waals surface area contributed by atoms with Gasteiger partial charge in [0.25, 0.3) is 0 Å². The number of rotatable bonds is 13. The van der Waals surface area contributed by atoms with Gasteiger partial charge in [-0.15, -0.1) is 0 Å². The number of nitrogens with zero attached hydrogens (tertiary/aromatic N) is 7. The van der Waals surface area contributed by atoms with E-state index >= 15 is 0 Å². The van der Waals surface area contributed by atoms with Crippen molar-refractivity contribution in [1.82, 2.24) is 33.6 Å². The largest absolute Gasteiger partial charge is 0.294 e. The Bertz CT molecular complexity index is 4430. The maximum atomic E-state index is 5.07. The summed E-state index contributed by atoms with van der Waals surface area (Å²) in [5, 5.41) is 7.12. The van der Waals surface area contributed by atoms with Crippen LogP contribution in [0.5, 0.6) is 0 Å². The quantitative estimate of drug-likeness (QED) is 0.108. The molecule has 0 aliphatic rings. The number of hydrogen-bond acceptors (Lipinski definition) is 4. The van der Waals surface area contributed by atoms with Crippen LogP contribution in [0.1, 0.15) is 101 Å². The molecule has 0 saturated carbocycles. The highest BCUT2D eigenvalue weighted by molar-refractivity contribution is 6.97. The van der Waals surface area contributed by atoms with Crippen LogP contribution in [0.2, 0.25) is 0 Å². The third-order valence-electron chi connectivity index (χ3n) is 17.5. The van der Waals surface area contributed by atoms with Crippen LogP contribution in [0.25, 0.3) is 83.0 Å². The van der Waals surface area contributed by atoms with E-state index in [1.165, 1.54) is 76.6 Å². The Hall–Kier alpha value is -9.33. The summed E-state index contributed by atoms with van der Waals surface area (Å²) in [5.74, 6) is 3.56. The molecule has 0 radical (unpaired) electrons. The first kappa shape index (κ1) is 51.8. The summed E-state index contributed by atoms with van der Waals surface area (Å²) in [6.07, 6.45) is 7.52. The lowest BCUT2D eigenvalue weighted by Crippen LogP contribution is -2.55. The van der Waals surface area contributed by atoms with Crippen molar-refractivity contribution in [2.24, 2.45) is 0 Å². The summed E-state index contributed by atoms with van der Waals surface area (Å²) in [6.45, 7) is 18.4. The molecule has 0 saturated heterocycles. The second kappa shape index (κ2) is 20.9. The van der Waals surface area contributed by atoms with Crippen LogP contribution in [0.3, 0.4) is 0 Å². The Morgan fingerprint density at radius 3 is 0.928 bits per heavy atom. The zero-order valence-electron chi connectivity index (χ0n) is 48.5. The molecular formula is C74H65B2N7. The van der Waals surface area contributed by atoms with Gasteiger partial charge >= 0.3 is 0 Å². The highest BCUT2D eigenvalue weighted by Crippen LogP contribution is 2.35. The van der Waals surface area contributed by atoms with Crippen LogP contribution < -0.4 is 32.8 Å². The normalized spacial score (nSPS) is 12.0. The Kier molecular flexibility index (Phi) is 13.0. The highest BCUT2D eigenvalue weighted by atomic mass is 15.1. The zero-order chi connectivity index (χ0) is 56.6. The van der Waals surface area contributed by atoms with E-state index in [9.17, 15) is 0 Å². The summed E-state index contributed by atoms with van der Waals surface area (Å²) >= 11 is 0. The van der Waals surface area contributed by atoms with Crippen molar-refractivity contribution < 1.29 is 0 Å². The predicted molar refractivity (Wildman–Crippen MR) is 352 cm³/mol. The molecule has 0 amide bonds. The van der Waals surface area contributed by atoms with Crippen LogP contribution in [0, 0.1) is 0 Å². The number of hydrogen-bond donors (Lipinski definition) is 0. The van der Waals surface area contributed by atoms with Crippen molar-refractivity contribution in [3.05, 3.63) is 247 Å². The second-order valence-electron chi connectivity index (χ2n) is 23.8. The fourth-order valence-electron chi connectivity index (χ4n) is 13.8.